The van der Waals surface area contributed by atoms with Gasteiger partial charge < -0.3 is 0 Å². The summed E-state index contributed by atoms with van der Waals surface area (Å²) in [6, 6.07) is 0. The molecule has 2 bridgehead atoms. The Morgan fingerprint density at radius 2 is 2.30 bits per heavy atom. The lowest BCUT2D eigenvalue weighted by Gasteiger charge is -2.16. The van der Waals surface area contributed by atoms with Crippen LogP contribution >= 0.6 is 0 Å². The molecule has 0 nitrogen and oxygen atoms in total. The lowest BCUT2D eigenvalue weighted by atomic mass is 9.89. The maximum Gasteiger partial charge on any atom is -0.0162 e. The van der Waals surface area contributed by atoms with Gasteiger partial charge in [0.15, 0.2) is 0 Å². The molecule has 3 aliphatic rings. The van der Waals surface area contributed by atoms with Crippen LogP contribution in [0.1, 0.15) is 39.0 Å². The molecular formula is C10H16. The van der Waals surface area contributed by atoms with Crippen LogP contribution in [0, 0.1) is 11.8 Å². The molecule has 0 aliphatic heterocycles. The Hall–Kier alpha value is -0.260. The first-order chi connectivity index (χ1) is 4.90. The number of hydrogen-bond acceptors (Lipinski definition) is 0. The third-order valence-corrected chi connectivity index (χ3v) is 3.01. The molecule has 2 unspecified atom stereocenters. The van der Waals surface area contributed by atoms with Gasteiger partial charge in [0.25, 0.3) is 0 Å². The minimum absolute atomic E-state index is 1.02. The fraction of sp³-hybridized carbons (Fsp3) is 0.800. The van der Waals surface area contributed by atoms with Crippen molar-refractivity contribution in [1.82, 2.24) is 0 Å². The largest absolute Gasteiger partial charge is 0.0816 e. The molecule has 0 N–H and O–H groups in total. The molecule has 0 radical (unpaired) electrons. The maximum atomic E-state index is 2.50. The average molecular weight is 136 g/mol. The van der Waals surface area contributed by atoms with Crippen LogP contribution in [-0.4, -0.2) is 0 Å². The van der Waals surface area contributed by atoms with Gasteiger partial charge in [-0.3, -0.25) is 0 Å². The summed E-state index contributed by atoms with van der Waals surface area (Å²) in [5, 5.41) is 0. The Morgan fingerprint density at radius 3 is 2.80 bits per heavy atom. The predicted molar refractivity (Wildman–Crippen MR) is 43.8 cm³/mol. The highest BCUT2D eigenvalue weighted by molar-refractivity contribution is 5.25. The number of hydrogen-bond donors (Lipinski definition) is 0. The molecule has 0 spiro atoms. The third-order valence-electron chi connectivity index (χ3n) is 3.01. The summed E-state index contributed by atoms with van der Waals surface area (Å²) >= 11 is 0. The lowest BCUT2D eigenvalue weighted by Crippen LogP contribution is -2.05. The summed E-state index contributed by atoms with van der Waals surface area (Å²) in [5.74, 6) is 2.08. The van der Waals surface area contributed by atoms with E-state index < -0.39 is 0 Å². The minimum Gasteiger partial charge on any atom is -0.0816 e. The first kappa shape index (κ1) is 6.45. The number of rotatable bonds is 3. The van der Waals surface area contributed by atoms with E-state index in [1.54, 1.807) is 5.57 Å². The normalized spacial score (nSPS) is 35.5. The molecular weight excluding hydrogens is 120 g/mol. The molecule has 1 fully saturated rings. The van der Waals surface area contributed by atoms with Gasteiger partial charge in [0, 0.05) is 0 Å². The van der Waals surface area contributed by atoms with Crippen LogP contribution < -0.4 is 0 Å². The Morgan fingerprint density at radius 1 is 1.50 bits per heavy atom. The smallest absolute Gasteiger partial charge is 0.0162 e. The Labute approximate surface area is 63.3 Å². The van der Waals surface area contributed by atoms with Gasteiger partial charge in [0.05, 0.1) is 0 Å². The van der Waals surface area contributed by atoms with Crippen molar-refractivity contribution < 1.29 is 0 Å². The third kappa shape index (κ3) is 0.902. The highest BCUT2D eigenvalue weighted by Crippen LogP contribution is 2.48. The summed E-state index contributed by atoms with van der Waals surface area (Å²) in [4.78, 5) is 0. The van der Waals surface area contributed by atoms with Gasteiger partial charge in [-0.2, -0.15) is 0 Å². The molecule has 10 heavy (non-hydrogen) atoms. The van der Waals surface area contributed by atoms with E-state index in [1.807, 2.05) is 0 Å². The van der Waals surface area contributed by atoms with Crippen LogP contribution in [-0.2, 0) is 0 Å². The zero-order chi connectivity index (χ0) is 6.97. The molecule has 0 saturated heterocycles. The summed E-state index contributed by atoms with van der Waals surface area (Å²) in [7, 11) is 0. The van der Waals surface area contributed by atoms with Crippen molar-refractivity contribution in [2.45, 2.75) is 39.0 Å². The molecule has 0 heteroatoms. The quantitative estimate of drug-likeness (QED) is 0.523. The maximum absolute atomic E-state index is 2.50. The van der Waals surface area contributed by atoms with Gasteiger partial charge in [0.1, 0.15) is 0 Å². The van der Waals surface area contributed by atoms with Crippen molar-refractivity contribution in [3.63, 3.8) is 0 Å². The number of unbranched alkanes of at least 4 members (excludes halogenated alkanes) is 1. The van der Waals surface area contributed by atoms with Crippen molar-refractivity contribution in [1.29, 1.82) is 0 Å². The van der Waals surface area contributed by atoms with E-state index in [9.17, 15) is 0 Å². The SMILES string of the molecule is CCCCC1CC2=CC1C2. The second-order valence-electron chi connectivity index (χ2n) is 3.80. The van der Waals surface area contributed by atoms with Crippen LogP contribution in [0.5, 0.6) is 0 Å². The van der Waals surface area contributed by atoms with E-state index in [2.05, 4.69) is 13.0 Å². The van der Waals surface area contributed by atoms with Crippen molar-refractivity contribution >= 4 is 0 Å². The van der Waals surface area contributed by atoms with Crippen LogP contribution in [0.2, 0.25) is 0 Å². The molecule has 3 aliphatic carbocycles. The van der Waals surface area contributed by atoms with E-state index in [4.69, 9.17) is 0 Å². The van der Waals surface area contributed by atoms with Crippen molar-refractivity contribution in [3.05, 3.63) is 11.6 Å². The molecule has 1 saturated carbocycles. The average Bonchev–Trinajstić information content (AvgIpc) is 2.37. The Bertz CT molecular complexity index is 155. The molecule has 2 atom stereocenters. The topological polar surface area (TPSA) is 0 Å². The summed E-state index contributed by atoms with van der Waals surface area (Å²) in [6.45, 7) is 2.29. The fourth-order valence-corrected chi connectivity index (χ4v) is 2.30. The van der Waals surface area contributed by atoms with Crippen molar-refractivity contribution in [3.8, 4) is 0 Å². The van der Waals surface area contributed by atoms with Crippen LogP contribution in [0.4, 0.5) is 0 Å². The first-order valence-electron chi connectivity index (χ1n) is 4.59. The van der Waals surface area contributed by atoms with Gasteiger partial charge in [-0.25, -0.2) is 0 Å². The van der Waals surface area contributed by atoms with Gasteiger partial charge in [-0.05, 0) is 31.1 Å². The molecule has 0 aromatic carbocycles. The van der Waals surface area contributed by atoms with Gasteiger partial charge >= 0.3 is 0 Å². The molecule has 0 amide bonds. The summed E-state index contributed by atoms with van der Waals surface area (Å²) < 4.78 is 0. The van der Waals surface area contributed by atoms with E-state index in [0.29, 0.717) is 0 Å². The molecule has 0 aromatic rings. The number of allylic oxidation sites excluding steroid dienone is 2. The van der Waals surface area contributed by atoms with Gasteiger partial charge in [-0.15, -0.1) is 0 Å². The number of fused-ring (bicyclic) bond motifs is 1. The summed E-state index contributed by atoms with van der Waals surface area (Å²) in [6.07, 6.45) is 9.71. The Balaban J connectivity index is 1.77. The van der Waals surface area contributed by atoms with Crippen LogP contribution in [0.15, 0.2) is 11.6 Å². The van der Waals surface area contributed by atoms with E-state index >= 15 is 0 Å². The first-order valence-corrected chi connectivity index (χ1v) is 4.59. The van der Waals surface area contributed by atoms with Crippen LogP contribution in [0.3, 0.4) is 0 Å². The lowest BCUT2D eigenvalue weighted by molar-refractivity contribution is 0.416. The van der Waals surface area contributed by atoms with E-state index in [1.165, 1.54) is 32.1 Å². The van der Waals surface area contributed by atoms with Crippen LogP contribution in [0.25, 0.3) is 0 Å². The van der Waals surface area contributed by atoms with Gasteiger partial charge in [-0.1, -0.05) is 31.4 Å². The van der Waals surface area contributed by atoms with E-state index in [0.717, 1.165) is 11.8 Å². The second kappa shape index (κ2) is 2.41. The van der Waals surface area contributed by atoms with Crippen molar-refractivity contribution in [2.24, 2.45) is 11.8 Å². The zero-order valence-corrected chi connectivity index (χ0v) is 6.77. The minimum atomic E-state index is 1.02. The van der Waals surface area contributed by atoms with Crippen molar-refractivity contribution in [2.75, 3.05) is 0 Å². The second-order valence-corrected chi connectivity index (χ2v) is 3.80. The predicted octanol–water partition coefficient (Wildman–Crippen LogP) is 3.14. The zero-order valence-electron chi connectivity index (χ0n) is 6.77. The highest BCUT2D eigenvalue weighted by Gasteiger charge is 2.35. The summed E-state index contributed by atoms with van der Waals surface area (Å²) in [5.41, 5.74) is 1.76. The standard InChI is InChI=1S/C10H16/c1-2-3-4-9-5-8-6-10(9)7-8/h6,9-10H,2-5,7H2,1H3. The monoisotopic (exact) mass is 136 g/mol. The molecule has 3 rings (SSSR count). The molecule has 0 aromatic heterocycles. The molecule has 0 heterocycles. The highest BCUT2D eigenvalue weighted by atomic mass is 14.4. The van der Waals surface area contributed by atoms with Gasteiger partial charge in [0.2, 0.25) is 0 Å². The van der Waals surface area contributed by atoms with E-state index in [-0.39, 0.29) is 0 Å². The molecule has 56 valence electrons. The fourth-order valence-electron chi connectivity index (χ4n) is 2.30. The Kier molecular flexibility index (Phi) is 1.55.